The number of hydrogen-bond acceptors (Lipinski definition) is 4. The van der Waals surface area contributed by atoms with Gasteiger partial charge in [-0.05, 0) is 53.4 Å². The number of nitriles is 1. The van der Waals surface area contributed by atoms with Crippen molar-refractivity contribution >= 4 is 17.6 Å². The highest BCUT2D eigenvalue weighted by molar-refractivity contribution is 6.01. The number of carboxylic acid groups (broad SMARTS) is 1. The molecule has 0 aliphatic carbocycles. The molecule has 154 valence electrons. The summed E-state index contributed by atoms with van der Waals surface area (Å²) in [6, 6.07) is 21.9. The summed E-state index contributed by atoms with van der Waals surface area (Å²) in [5.74, 6) is -1.14. The Labute approximate surface area is 180 Å². The van der Waals surface area contributed by atoms with Crippen LogP contribution in [-0.2, 0) is 19.5 Å². The lowest BCUT2D eigenvalue weighted by Gasteiger charge is -2.22. The molecule has 6 nitrogen and oxygen atoms in total. The Hall–Kier alpha value is -4.11. The van der Waals surface area contributed by atoms with Crippen molar-refractivity contribution in [3.8, 4) is 6.07 Å². The lowest BCUT2D eigenvalue weighted by atomic mass is 10.1. The van der Waals surface area contributed by atoms with Gasteiger partial charge in [0.05, 0.1) is 28.4 Å². The smallest absolute Gasteiger partial charge is 0.335 e. The Kier molecular flexibility index (Phi) is 5.67. The third-order valence-electron chi connectivity index (χ3n) is 5.44. The summed E-state index contributed by atoms with van der Waals surface area (Å²) < 4.78 is 0. The second-order valence-corrected chi connectivity index (χ2v) is 7.48. The van der Waals surface area contributed by atoms with E-state index in [9.17, 15) is 9.59 Å². The molecule has 0 radical (unpaired) electrons. The lowest BCUT2D eigenvalue weighted by Crippen LogP contribution is -2.27. The van der Waals surface area contributed by atoms with Gasteiger partial charge in [-0.25, -0.2) is 4.79 Å². The fourth-order valence-electron chi connectivity index (χ4n) is 3.82. The van der Waals surface area contributed by atoms with Gasteiger partial charge in [0.25, 0.3) is 5.91 Å². The molecule has 3 aromatic rings. The van der Waals surface area contributed by atoms with Crippen molar-refractivity contribution in [2.24, 2.45) is 0 Å². The third-order valence-corrected chi connectivity index (χ3v) is 5.44. The van der Waals surface area contributed by atoms with E-state index in [0.29, 0.717) is 24.2 Å². The number of carbonyl (C=O) groups excluding carboxylic acids is 1. The maximum atomic E-state index is 13.0. The number of amides is 1. The fourth-order valence-corrected chi connectivity index (χ4v) is 3.82. The molecular formula is C25H21N3O3. The van der Waals surface area contributed by atoms with E-state index in [1.165, 1.54) is 12.1 Å². The second kappa shape index (κ2) is 8.72. The number of nitrogens with zero attached hydrogens (tertiary/aromatic N) is 2. The van der Waals surface area contributed by atoms with Gasteiger partial charge in [-0.15, -0.1) is 0 Å². The highest BCUT2D eigenvalue weighted by atomic mass is 16.4. The van der Waals surface area contributed by atoms with Crippen LogP contribution in [0.1, 0.15) is 43.0 Å². The molecule has 0 aromatic heterocycles. The Balaban J connectivity index is 1.49. The Morgan fingerprint density at radius 3 is 2.39 bits per heavy atom. The van der Waals surface area contributed by atoms with Gasteiger partial charge in [-0.3, -0.25) is 4.79 Å². The first-order valence-electron chi connectivity index (χ1n) is 10.0. The van der Waals surface area contributed by atoms with Gasteiger partial charge in [0.1, 0.15) is 0 Å². The van der Waals surface area contributed by atoms with Crippen molar-refractivity contribution in [1.29, 1.82) is 5.26 Å². The number of anilines is 1. The van der Waals surface area contributed by atoms with Crippen LogP contribution in [0.5, 0.6) is 0 Å². The van der Waals surface area contributed by atoms with E-state index in [1.807, 2.05) is 24.3 Å². The van der Waals surface area contributed by atoms with E-state index in [-0.39, 0.29) is 11.5 Å². The number of hydrogen-bond donors (Lipinski definition) is 2. The predicted octanol–water partition coefficient (Wildman–Crippen LogP) is 3.75. The number of benzene rings is 3. The highest BCUT2D eigenvalue weighted by Gasteiger charge is 2.25. The van der Waals surface area contributed by atoms with Crippen LogP contribution in [0, 0.1) is 11.3 Å². The van der Waals surface area contributed by atoms with E-state index in [0.717, 1.165) is 35.3 Å². The minimum Gasteiger partial charge on any atom is -0.478 e. The molecule has 3 aromatic carbocycles. The summed E-state index contributed by atoms with van der Waals surface area (Å²) in [6.07, 6.45) is 0.878. The molecule has 0 spiro atoms. The molecule has 4 rings (SSSR count). The third kappa shape index (κ3) is 4.41. The van der Waals surface area contributed by atoms with E-state index in [1.54, 1.807) is 24.3 Å². The van der Waals surface area contributed by atoms with Crippen molar-refractivity contribution in [3.05, 3.63) is 100 Å². The summed E-state index contributed by atoms with van der Waals surface area (Å²) in [5.41, 5.74) is 5.49. The van der Waals surface area contributed by atoms with Crippen molar-refractivity contribution in [1.82, 2.24) is 5.32 Å². The summed E-state index contributed by atoms with van der Waals surface area (Å²) in [6.45, 7) is 1.81. The summed E-state index contributed by atoms with van der Waals surface area (Å²) in [5, 5.41) is 20.9. The van der Waals surface area contributed by atoms with E-state index >= 15 is 0 Å². The maximum Gasteiger partial charge on any atom is 0.335 e. The quantitative estimate of drug-likeness (QED) is 0.644. The van der Waals surface area contributed by atoms with Crippen LogP contribution in [0.3, 0.4) is 0 Å². The van der Waals surface area contributed by atoms with Crippen LogP contribution in [0.4, 0.5) is 5.69 Å². The largest absolute Gasteiger partial charge is 0.478 e. The molecule has 0 bridgehead atoms. The lowest BCUT2D eigenvalue weighted by molar-refractivity contribution is 0.0696. The first kappa shape index (κ1) is 20.2. The number of carboxylic acids is 1. The van der Waals surface area contributed by atoms with E-state index < -0.39 is 5.97 Å². The standard InChI is InChI=1S/C25H21N3O3/c26-14-17-4-6-19(7-5-17)16-28-13-12-20-2-1-3-22(23(20)28)24(29)27-15-18-8-10-21(11-9-18)25(30)31/h1-11H,12-13,15-16H2,(H,27,29)(H,30,31). The van der Waals surface area contributed by atoms with Gasteiger partial charge in [-0.2, -0.15) is 5.26 Å². The van der Waals surface area contributed by atoms with Crippen LogP contribution < -0.4 is 10.2 Å². The summed E-state index contributed by atoms with van der Waals surface area (Å²) >= 11 is 0. The van der Waals surface area contributed by atoms with Gasteiger partial charge in [-0.1, -0.05) is 36.4 Å². The highest BCUT2D eigenvalue weighted by Crippen LogP contribution is 2.33. The minimum atomic E-state index is -0.974. The number of para-hydroxylation sites is 1. The van der Waals surface area contributed by atoms with Gasteiger partial charge >= 0.3 is 5.97 Å². The number of carbonyl (C=O) groups is 2. The van der Waals surface area contributed by atoms with Gasteiger partial charge in [0.2, 0.25) is 0 Å². The molecular weight excluding hydrogens is 390 g/mol. The molecule has 0 saturated carbocycles. The zero-order valence-corrected chi connectivity index (χ0v) is 16.8. The van der Waals surface area contributed by atoms with Crippen LogP contribution >= 0.6 is 0 Å². The Morgan fingerprint density at radius 2 is 1.71 bits per heavy atom. The second-order valence-electron chi connectivity index (χ2n) is 7.48. The number of fused-ring (bicyclic) bond motifs is 1. The van der Waals surface area contributed by atoms with Crippen molar-refractivity contribution in [2.75, 3.05) is 11.4 Å². The van der Waals surface area contributed by atoms with Gasteiger partial charge < -0.3 is 15.3 Å². The van der Waals surface area contributed by atoms with Gasteiger partial charge in [0.15, 0.2) is 0 Å². The number of nitrogens with one attached hydrogen (secondary N) is 1. The van der Waals surface area contributed by atoms with Crippen LogP contribution in [0.25, 0.3) is 0 Å². The molecule has 1 aliphatic heterocycles. The molecule has 0 saturated heterocycles. The van der Waals surface area contributed by atoms with E-state index in [4.69, 9.17) is 10.4 Å². The van der Waals surface area contributed by atoms with Crippen LogP contribution in [0.2, 0.25) is 0 Å². The molecule has 6 heteroatoms. The number of rotatable bonds is 6. The SMILES string of the molecule is N#Cc1ccc(CN2CCc3cccc(C(=O)NCc4ccc(C(=O)O)cc4)c32)cc1. The van der Waals surface area contributed by atoms with Crippen molar-refractivity contribution < 1.29 is 14.7 Å². The average molecular weight is 411 g/mol. The first-order valence-corrected chi connectivity index (χ1v) is 10.0. The molecule has 1 aliphatic rings. The zero-order valence-electron chi connectivity index (χ0n) is 16.8. The molecule has 0 unspecified atom stereocenters. The zero-order chi connectivity index (χ0) is 21.8. The molecule has 0 atom stereocenters. The van der Waals surface area contributed by atoms with Crippen molar-refractivity contribution in [2.45, 2.75) is 19.5 Å². The molecule has 1 amide bonds. The maximum absolute atomic E-state index is 13.0. The molecule has 31 heavy (non-hydrogen) atoms. The van der Waals surface area contributed by atoms with Gasteiger partial charge in [0, 0.05) is 19.6 Å². The normalized spacial score (nSPS) is 12.2. The van der Waals surface area contributed by atoms with E-state index in [2.05, 4.69) is 22.4 Å². The van der Waals surface area contributed by atoms with Crippen LogP contribution in [-0.4, -0.2) is 23.5 Å². The average Bonchev–Trinajstić information content (AvgIpc) is 3.21. The first-order chi connectivity index (χ1) is 15.0. The molecule has 2 N–H and O–H groups in total. The summed E-state index contributed by atoms with van der Waals surface area (Å²) in [7, 11) is 0. The monoisotopic (exact) mass is 411 g/mol. The predicted molar refractivity (Wildman–Crippen MR) is 117 cm³/mol. The minimum absolute atomic E-state index is 0.161. The fraction of sp³-hybridized carbons (Fsp3) is 0.160. The Bertz CT molecular complexity index is 1160. The molecule has 1 heterocycles. The molecule has 0 fully saturated rings. The Morgan fingerprint density at radius 1 is 1.00 bits per heavy atom. The summed E-state index contributed by atoms with van der Waals surface area (Å²) in [4.78, 5) is 26.1. The van der Waals surface area contributed by atoms with Crippen LogP contribution in [0.15, 0.2) is 66.7 Å². The number of aromatic carboxylic acids is 1. The van der Waals surface area contributed by atoms with Crippen molar-refractivity contribution in [3.63, 3.8) is 0 Å². The topological polar surface area (TPSA) is 93.4 Å².